The third kappa shape index (κ3) is 3.02. The van der Waals surface area contributed by atoms with Crippen molar-refractivity contribution in [1.29, 1.82) is 0 Å². The topological polar surface area (TPSA) is 15.3 Å². The summed E-state index contributed by atoms with van der Waals surface area (Å²) in [7, 11) is 1.99. The molecule has 2 unspecified atom stereocenters. The van der Waals surface area contributed by atoms with Crippen LogP contribution >= 0.6 is 11.6 Å². The van der Waals surface area contributed by atoms with Gasteiger partial charge in [0.25, 0.3) is 0 Å². The third-order valence-electron chi connectivity index (χ3n) is 3.78. The molecular formula is C14H20ClFN2. The van der Waals surface area contributed by atoms with E-state index in [1.165, 1.54) is 12.5 Å². The highest BCUT2D eigenvalue weighted by Crippen LogP contribution is 2.29. The fraction of sp³-hybridized carbons (Fsp3) is 0.571. The second-order valence-electron chi connectivity index (χ2n) is 5.06. The molecule has 1 saturated heterocycles. The minimum Gasteiger partial charge on any atom is -0.319 e. The maximum atomic E-state index is 13.1. The first-order valence-corrected chi connectivity index (χ1v) is 6.83. The minimum atomic E-state index is -0.345. The first kappa shape index (κ1) is 13.8. The Morgan fingerprint density at radius 1 is 1.56 bits per heavy atom. The molecule has 0 spiro atoms. The summed E-state index contributed by atoms with van der Waals surface area (Å²) in [6.07, 6.45) is 1.22. The van der Waals surface area contributed by atoms with E-state index < -0.39 is 0 Å². The van der Waals surface area contributed by atoms with Gasteiger partial charge in [0.2, 0.25) is 0 Å². The molecule has 0 aliphatic carbocycles. The Balaban J connectivity index is 2.03. The average Bonchev–Trinajstić information content (AvgIpc) is 2.81. The molecule has 1 heterocycles. The number of hydrogen-bond acceptors (Lipinski definition) is 2. The zero-order chi connectivity index (χ0) is 13.1. The van der Waals surface area contributed by atoms with Gasteiger partial charge in [-0.3, -0.25) is 4.90 Å². The Bertz CT molecular complexity index is 411. The van der Waals surface area contributed by atoms with Crippen LogP contribution in [0, 0.1) is 11.7 Å². The number of benzene rings is 1. The van der Waals surface area contributed by atoms with Crippen molar-refractivity contribution in [2.45, 2.75) is 19.4 Å². The first-order chi connectivity index (χ1) is 8.61. The molecule has 1 aromatic rings. The van der Waals surface area contributed by atoms with Crippen molar-refractivity contribution in [3.05, 3.63) is 34.6 Å². The molecule has 1 N–H and O–H groups in total. The van der Waals surface area contributed by atoms with Crippen LogP contribution in [0.2, 0.25) is 5.02 Å². The highest BCUT2D eigenvalue weighted by atomic mass is 35.5. The molecule has 1 aromatic carbocycles. The van der Waals surface area contributed by atoms with E-state index in [4.69, 9.17) is 11.6 Å². The molecule has 2 atom stereocenters. The zero-order valence-corrected chi connectivity index (χ0v) is 11.7. The first-order valence-electron chi connectivity index (χ1n) is 6.45. The Morgan fingerprint density at radius 3 is 3.00 bits per heavy atom. The molecule has 1 fully saturated rings. The van der Waals surface area contributed by atoms with Gasteiger partial charge in [0, 0.05) is 12.6 Å². The van der Waals surface area contributed by atoms with Crippen molar-refractivity contribution in [2.24, 2.45) is 5.92 Å². The van der Waals surface area contributed by atoms with E-state index in [1.807, 2.05) is 13.1 Å². The molecule has 18 heavy (non-hydrogen) atoms. The molecule has 2 nitrogen and oxygen atoms in total. The van der Waals surface area contributed by atoms with Crippen molar-refractivity contribution in [3.63, 3.8) is 0 Å². The molecule has 1 aliphatic heterocycles. The predicted octanol–water partition coefficient (Wildman–Crippen LogP) is 3.08. The molecule has 0 bridgehead atoms. The van der Waals surface area contributed by atoms with Gasteiger partial charge >= 0.3 is 0 Å². The van der Waals surface area contributed by atoms with Crippen molar-refractivity contribution in [2.75, 3.05) is 26.7 Å². The standard InChI is InChI=1S/C14H20ClFN2/c1-10(12-3-4-14(16)13(15)7-12)18-6-5-11(9-18)8-17-2/h3-4,7,10-11,17H,5-6,8-9H2,1-2H3. The smallest absolute Gasteiger partial charge is 0.141 e. The predicted molar refractivity (Wildman–Crippen MR) is 73.4 cm³/mol. The molecule has 0 radical (unpaired) electrons. The molecular weight excluding hydrogens is 251 g/mol. The SMILES string of the molecule is CNCC1CCN(C(C)c2ccc(F)c(Cl)c2)C1. The van der Waals surface area contributed by atoms with E-state index >= 15 is 0 Å². The molecule has 2 rings (SSSR count). The van der Waals surface area contributed by atoms with Gasteiger partial charge in [0.1, 0.15) is 5.82 Å². The van der Waals surface area contributed by atoms with Crippen molar-refractivity contribution in [3.8, 4) is 0 Å². The van der Waals surface area contributed by atoms with Crippen LogP contribution in [0.3, 0.4) is 0 Å². The van der Waals surface area contributed by atoms with E-state index in [0.717, 1.165) is 25.2 Å². The van der Waals surface area contributed by atoms with Crippen LogP contribution in [0.1, 0.15) is 24.9 Å². The Morgan fingerprint density at radius 2 is 2.33 bits per heavy atom. The maximum Gasteiger partial charge on any atom is 0.141 e. The molecule has 0 aromatic heterocycles. The van der Waals surface area contributed by atoms with E-state index in [0.29, 0.717) is 12.0 Å². The van der Waals surface area contributed by atoms with Crippen molar-refractivity contribution >= 4 is 11.6 Å². The minimum absolute atomic E-state index is 0.213. The summed E-state index contributed by atoms with van der Waals surface area (Å²) in [5, 5.41) is 3.44. The van der Waals surface area contributed by atoms with E-state index in [1.54, 1.807) is 6.07 Å². The monoisotopic (exact) mass is 270 g/mol. The Labute approximate surface area is 113 Å². The number of hydrogen-bond donors (Lipinski definition) is 1. The van der Waals surface area contributed by atoms with Crippen LogP contribution in [0.25, 0.3) is 0 Å². The number of nitrogens with one attached hydrogen (secondary N) is 1. The molecule has 0 saturated carbocycles. The molecule has 4 heteroatoms. The number of rotatable bonds is 4. The fourth-order valence-electron chi connectivity index (χ4n) is 2.65. The Kier molecular flexibility index (Phi) is 4.60. The summed E-state index contributed by atoms with van der Waals surface area (Å²) in [4.78, 5) is 2.44. The third-order valence-corrected chi connectivity index (χ3v) is 4.07. The lowest BCUT2D eigenvalue weighted by atomic mass is 10.1. The lowest BCUT2D eigenvalue weighted by molar-refractivity contribution is 0.252. The van der Waals surface area contributed by atoms with Gasteiger partial charge in [-0.05, 0) is 57.1 Å². The van der Waals surface area contributed by atoms with E-state index in [2.05, 4.69) is 17.1 Å². The average molecular weight is 271 g/mol. The summed E-state index contributed by atoms with van der Waals surface area (Å²) < 4.78 is 13.1. The van der Waals surface area contributed by atoms with Crippen LogP contribution in [0.5, 0.6) is 0 Å². The Hall–Kier alpha value is -0.640. The van der Waals surface area contributed by atoms with Crippen LogP contribution in [0.15, 0.2) is 18.2 Å². The summed E-state index contributed by atoms with van der Waals surface area (Å²) in [6.45, 7) is 5.41. The molecule has 0 amide bonds. The van der Waals surface area contributed by atoms with Crippen LogP contribution in [0.4, 0.5) is 4.39 Å². The number of nitrogens with zero attached hydrogens (tertiary/aromatic N) is 1. The van der Waals surface area contributed by atoms with E-state index in [9.17, 15) is 4.39 Å². The van der Waals surface area contributed by atoms with E-state index in [-0.39, 0.29) is 10.8 Å². The van der Waals surface area contributed by atoms with Gasteiger partial charge in [0.05, 0.1) is 5.02 Å². The summed E-state index contributed by atoms with van der Waals surface area (Å²) >= 11 is 5.84. The largest absolute Gasteiger partial charge is 0.319 e. The quantitative estimate of drug-likeness (QED) is 0.905. The van der Waals surface area contributed by atoms with Crippen LogP contribution in [-0.2, 0) is 0 Å². The summed E-state index contributed by atoms with van der Waals surface area (Å²) in [5.74, 6) is 0.371. The summed E-state index contributed by atoms with van der Waals surface area (Å²) in [5.41, 5.74) is 1.09. The highest BCUT2D eigenvalue weighted by molar-refractivity contribution is 6.30. The number of likely N-dealkylation sites (tertiary alicyclic amines) is 1. The zero-order valence-electron chi connectivity index (χ0n) is 10.9. The van der Waals surface area contributed by atoms with Crippen LogP contribution < -0.4 is 5.32 Å². The fourth-order valence-corrected chi connectivity index (χ4v) is 2.84. The lowest BCUT2D eigenvalue weighted by Crippen LogP contribution is -2.27. The lowest BCUT2D eigenvalue weighted by Gasteiger charge is -2.25. The molecule has 1 aliphatic rings. The number of halogens is 2. The van der Waals surface area contributed by atoms with Gasteiger partial charge in [-0.1, -0.05) is 17.7 Å². The van der Waals surface area contributed by atoms with Crippen LogP contribution in [-0.4, -0.2) is 31.6 Å². The van der Waals surface area contributed by atoms with Gasteiger partial charge < -0.3 is 5.32 Å². The van der Waals surface area contributed by atoms with Crippen molar-refractivity contribution < 1.29 is 4.39 Å². The summed E-state index contributed by atoms with van der Waals surface area (Å²) in [6, 6.07) is 5.32. The molecule has 100 valence electrons. The van der Waals surface area contributed by atoms with Crippen molar-refractivity contribution in [1.82, 2.24) is 10.2 Å². The normalized spacial score (nSPS) is 22.3. The second-order valence-corrected chi connectivity index (χ2v) is 5.46. The van der Waals surface area contributed by atoms with Gasteiger partial charge in [-0.25, -0.2) is 4.39 Å². The van der Waals surface area contributed by atoms with Gasteiger partial charge in [-0.2, -0.15) is 0 Å². The second kappa shape index (κ2) is 6.00. The van der Waals surface area contributed by atoms with Gasteiger partial charge in [-0.15, -0.1) is 0 Å². The van der Waals surface area contributed by atoms with Gasteiger partial charge in [0.15, 0.2) is 0 Å². The maximum absolute atomic E-state index is 13.1. The highest BCUT2D eigenvalue weighted by Gasteiger charge is 2.26.